The van der Waals surface area contributed by atoms with E-state index in [9.17, 15) is 0 Å². The van der Waals surface area contributed by atoms with E-state index in [1.807, 2.05) is 0 Å². The van der Waals surface area contributed by atoms with Gasteiger partial charge in [0.05, 0.1) is 0 Å². The number of allylic oxidation sites excluding steroid dienone is 1. The molecule has 0 saturated carbocycles. The summed E-state index contributed by atoms with van der Waals surface area (Å²) in [6.07, 6.45) is 2.35. The van der Waals surface area contributed by atoms with Crippen LogP contribution in [0.25, 0.3) is 17.0 Å². The summed E-state index contributed by atoms with van der Waals surface area (Å²) >= 11 is 0. The second kappa shape index (κ2) is 6.69. The molecule has 0 saturated heterocycles. The Labute approximate surface area is 173 Å². The SMILES string of the molecule is Cc1cc(C=C2N(C)c3ccccc3C2(C)C)[n+](C)c2ccccc12.[I-]. The van der Waals surface area contributed by atoms with Crippen molar-refractivity contribution in [3.63, 3.8) is 0 Å². The smallest absolute Gasteiger partial charge is 0.212 e. The highest BCUT2D eigenvalue weighted by molar-refractivity contribution is 5.81. The fourth-order valence-corrected chi connectivity index (χ4v) is 4.17. The van der Waals surface area contributed by atoms with Crippen LogP contribution in [0, 0.1) is 6.92 Å². The Morgan fingerprint density at radius 1 is 1.00 bits per heavy atom. The number of nitrogens with zero attached hydrogens (tertiary/aromatic N) is 2. The number of aryl methyl sites for hydroxylation is 2. The zero-order chi connectivity index (χ0) is 17.8. The van der Waals surface area contributed by atoms with Gasteiger partial charge < -0.3 is 28.9 Å². The average molecular weight is 456 g/mol. The van der Waals surface area contributed by atoms with E-state index in [1.54, 1.807) is 0 Å². The Morgan fingerprint density at radius 3 is 2.38 bits per heavy atom. The Kier molecular flexibility index (Phi) is 4.86. The number of benzene rings is 2. The van der Waals surface area contributed by atoms with Crippen molar-refractivity contribution >= 4 is 22.7 Å². The maximum atomic E-state index is 2.35. The third-order valence-electron chi connectivity index (χ3n) is 5.67. The molecule has 0 fully saturated rings. The van der Waals surface area contributed by atoms with Crippen LogP contribution in [0.1, 0.15) is 30.7 Å². The van der Waals surface area contributed by atoms with Gasteiger partial charge in [0.15, 0.2) is 0 Å². The molecule has 3 aromatic rings. The third-order valence-corrected chi connectivity index (χ3v) is 5.67. The van der Waals surface area contributed by atoms with E-state index in [2.05, 4.69) is 105 Å². The van der Waals surface area contributed by atoms with Gasteiger partial charge in [-0.05, 0) is 30.2 Å². The minimum atomic E-state index is -0.00209. The molecule has 0 aliphatic carbocycles. The summed E-state index contributed by atoms with van der Waals surface area (Å²) in [4.78, 5) is 2.33. The van der Waals surface area contributed by atoms with E-state index < -0.39 is 0 Å². The maximum Gasteiger partial charge on any atom is 0.212 e. The quantitative estimate of drug-likeness (QED) is 0.400. The molecule has 2 nitrogen and oxygen atoms in total. The number of anilines is 1. The van der Waals surface area contributed by atoms with E-state index in [0.29, 0.717) is 0 Å². The lowest BCUT2D eigenvalue weighted by atomic mass is 9.83. The highest BCUT2D eigenvalue weighted by atomic mass is 127. The van der Waals surface area contributed by atoms with Crippen molar-refractivity contribution in [1.82, 2.24) is 0 Å². The van der Waals surface area contributed by atoms with Crippen molar-refractivity contribution in [3.05, 3.63) is 77.1 Å². The van der Waals surface area contributed by atoms with Crippen LogP contribution in [-0.4, -0.2) is 7.05 Å². The van der Waals surface area contributed by atoms with Gasteiger partial charge in [-0.3, -0.25) is 0 Å². The van der Waals surface area contributed by atoms with Crippen molar-refractivity contribution in [1.29, 1.82) is 0 Å². The molecule has 2 aromatic carbocycles. The van der Waals surface area contributed by atoms with Crippen molar-refractivity contribution in [2.24, 2.45) is 7.05 Å². The number of hydrogen-bond donors (Lipinski definition) is 0. The molecule has 0 spiro atoms. The predicted octanol–water partition coefficient (Wildman–Crippen LogP) is 1.75. The zero-order valence-corrected chi connectivity index (χ0v) is 18.2. The molecule has 0 N–H and O–H groups in total. The largest absolute Gasteiger partial charge is 1.00 e. The standard InChI is InChI=1S/C23H25N2.HI/c1-16-14-17(24(4)20-12-8-6-10-18(16)20)15-22-23(2,3)19-11-7-9-13-21(19)25(22)5;/h6-15H,1-5H3;1H/q+1;/p-1. The molecule has 1 aliphatic heterocycles. The van der Waals surface area contributed by atoms with Gasteiger partial charge in [0.25, 0.3) is 0 Å². The van der Waals surface area contributed by atoms with Gasteiger partial charge in [-0.2, -0.15) is 4.57 Å². The Bertz CT molecular complexity index is 1020. The fraction of sp³-hybridized carbons (Fsp3) is 0.261. The summed E-state index contributed by atoms with van der Waals surface area (Å²) < 4.78 is 2.29. The molecule has 3 heteroatoms. The molecule has 2 heterocycles. The van der Waals surface area contributed by atoms with Crippen LogP contribution >= 0.6 is 0 Å². The summed E-state index contributed by atoms with van der Waals surface area (Å²) in [5, 5.41) is 1.31. The molecule has 26 heavy (non-hydrogen) atoms. The lowest BCUT2D eigenvalue weighted by Crippen LogP contribution is -3.00. The van der Waals surface area contributed by atoms with Gasteiger partial charge in [-0.15, -0.1) is 0 Å². The van der Waals surface area contributed by atoms with Crippen LogP contribution in [0.3, 0.4) is 0 Å². The van der Waals surface area contributed by atoms with E-state index in [1.165, 1.54) is 39.1 Å². The van der Waals surface area contributed by atoms with Crippen molar-refractivity contribution in [3.8, 4) is 0 Å². The second-order valence-corrected chi connectivity index (χ2v) is 7.56. The normalized spacial score (nSPS) is 16.7. The van der Waals surface area contributed by atoms with Gasteiger partial charge in [0.2, 0.25) is 11.2 Å². The van der Waals surface area contributed by atoms with Crippen LogP contribution in [0.4, 0.5) is 5.69 Å². The van der Waals surface area contributed by atoms with Crippen LogP contribution in [0.15, 0.2) is 60.3 Å². The predicted molar refractivity (Wildman–Crippen MR) is 106 cm³/mol. The lowest BCUT2D eigenvalue weighted by molar-refractivity contribution is -0.646. The number of hydrogen-bond acceptors (Lipinski definition) is 1. The summed E-state index contributed by atoms with van der Waals surface area (Å²) in [7, 11) is 4.33. The average Bonchev–Trinajstić information content (AvgIpc) is 2.80. The molecule has 0 radical (unpaired) electrons. The maximum absolute atomic E-state index is 2.35. The van der Waals surface area contributed by atoms with E-state index in [0.717, 1.165) is 0 Å². The van der Waals surface area contributed by atoms with Crippen LogP contribution in [-0.2, 0) is 12.5 Å². The van der Waals surface area contributed by atoms with Crippen molar-refractivity contribution < 1.29 is 28.5 Å². The highest BCUT2D eigenvalue weighted by Crippen LogP contribution is 2.47. The number of aromatic nitrogens is 1. The molecule has 0 bridgehead atoms. The minimum Gasteiger partial charge on any atom is -1.00 e. The molecule has 1 aliphatic rings. The first kappa shape index (κ1) is 18.9. The number of pyridine rings is 1. The van der Waals surface area contributed by atoms with Gasteiger partial charge in [0, 0.05) is 47.4 Å². The summed E-state index contributed by atoms with van der Waals surface area (Å²) in [5.74, 6) is 0. The minimum absolute atomic E-state index is 0. The first-order valence-corrected chi connectivity index (χ1v) is 8.85. The lowest BCUT2D eigenvalue weighted by Gasteiger charge is -2.23. The molecular formula is C23H25IN2. The first-order valence-electron chi connectivity index (χ1n) is 8.85. The third kappa shape index (κ3) is 2.73. The van der Waals surface area contributed by atoms with E-state index in [4.69, 9.17) is 0 Å². The molecule has 0 amide bonds. The first-order chi connectivity index (χ1) is 11.9. The van der Waals surface area contributed by atoms with Gasteiger partial charge in [-0.1, -0.05) is 44.2 Å². The topological polar surface area (TPSA) is 7.12 Å². The van der Waals surface area contributed by atoms with Crippen LogP contribution in [0.5, 0.6) is 0 Å². The fourth-order valence-electron chi connectivity index (χ4n) is 4.17. The van der Waals surface area contributed by atoms with Crippen molar-refractivity contribution in [2.45, 2.75) is 26.2 Å². The summed E-state index contributed by atoms with van der Waals surface area (Å²) in [6, 6.07) is 19.6. The molecule has 134 valence electrons. The molecule has 0 atom stereocenters. The molecular weight excluding hydrogens is 431 g/mol. The summed E-state index contributed by atoms with van der Waals surface area (Å²) in [5.41, 5.74) is 7.85. The molecule has 0 unspecified atom stereocenters. The number of para-hydroxylation sites is 2. The number of halogens is 1. The number of likely N-dealkylation sites (N-methyl/N-ethyl adjacent to an activating group) is 1. The summed E-state index contributed by atoms with van der Waals surface area (Å²) in [6.45, 7) is 6.83. The monoisotopic (exact) mass is 456 g/mol. The molecule has 1 aromatic heterocycles. The van der Waals surface area contributed by atoms with E-state index in [-0.39, 0.29) is 29.4 Å². The van der Waals surface area contributed by atoms with E-state index >= 15 is 0 Å². The van der Waals surface area contributed by atoms with Gasteiger partial charge in [0.1, 0.15) is 7.05 Å². The second-order valence-electron chi connectivity index (χ2n) is 7.56. The van der Waals surface area contributed by atoms with Gasteiger partial charge in [-0.25, -0.2) is 0 Å². The Hall–Kier alpha value is -1.88. The Balaban J connectivity index is 0.00000196. The Morgan fingerprint density at radius 2 is 1.65 bits per heavy atom. The number of rotatable bonds is 1. The highest BCUT2D eigenvalue weighted by Gasteiger charge is 2.38. The van der Waals surface area contributed by atoms with Gasteiger partial charge >= 0.3 is 0 Å². The molecule has 4 rings (SSSR count). The zero-order valence-electron chi connectivity index (χ0n) is 16.0. The number of fused-ring (bicyclic) bond motifs is 2. The van der Waals surface area contributed by atoms with Crippen LogP contribution < -0.4 is 33.4 Å². The van der Waals surface area contributed by atoms with Crippen molar-refractivity contribution in [2.75, 3.05) is 11.9 Å². The van der Waals surface area contributed by atoms with Crippen LogP contribution in [0.2, 0.25) is 0 Å².